The van der Waals surface area contributed by atoms with Crippen LogP contribution < -0.4 is 0 Å². The zero-order chi connectivity index (χ0) is 9.40. The second-order valence-electron chi connectivity index (χ2n) is 2.85. The zero-order valence-electron chi connectivity index (χ0n) is 7.51. The molecule has 3 nitrogen and oxygen atoms in total. The zero-order valence-corrected chi connectivity index (χ0v) is 7.51. The Kier molecular flexibility index (Phi) is 6.34. The van der Waals surface area contributed by atoms with Gasteiger partial charge in [0, 0.05) is 19.3 Å². The fourth-order valence-corrected chi connectivity index (χ4v) is 0.946. The van der Waals surface area contributed by atoms with Gasteiger partial charge in [-0.05, 0) is 12.8 Å². The van der Waals surface area contributed by atoms with Crippen molar-refractivity contribution < 1.29 is 14.7 Å². The Morgan fingerprint density at radius 1 is 1.33 bits per heavy atom. The van der Waals surface area contributed by atoms with Crippen LogP contribution >= 0.6 is 0 Å². The first-order chi connectivity index (χ1) is 5.66. The third-order valence-electron chi connectivity index (χ3n) is 1.71. The van der Waals surface area contributed by atoms with Gasteiger partial charge in [0.2, 0.25) is 0 Å². The van der Waals surface area contributed by atoms with Crippen molar-refractivity contribution in [1.82, 2.24) is 0 Å². The molecule has 1 N–H and O–H groups in total. The number of aliphatic carboxylic acids is 1. The number of carbonyl (C=O) groups is 2. The summed E-state index contributed by atoms with van der Waals surface area (Å²) in [7, 11) is 0. The fraction of sp³-hybridized carbons (Fsp3) is 0.778. The standard InChI is InChI=1S/C6H10O.C3H6O2/c7-6-4-2-1-3-5-6;1-2-3(4)5/h1-5H2;2H2,1H3,(H,4,5). The number of hydrogen-bond donors (Lipinski definition) is 1. The molecule has 1 aliphatic carbocycles. The molecular formula is C9H16O3. The topological polar surface area (TPSA) is 54.4 Å². The van der Waals surface area contributed by atoms with Gasteiger partial charge >= 0.3 is 5.97 Å². The number of carboxylic acid groups (broad SMARTS) is 1. The SMILES string of the molecule is CCC(=O)O.O=C1CCCCC1. The van der Waals surface area contributed by atoms with Gasteiger partial charge in [0.25, 0.3) is 0 Å². The molecule has 70 valence electrons. The van der Waals surface area contributed by atoms with E-state index in [4.69, 9.17) is 5.11 Å². The van der Waals surface area contributed by atoms with E-state index in [0.717, 1.165) is 25.7 Å². The Morgan fingerprint density at radius 2 is 1.75 bits per heavy atom. The number of carbonyl (C=O) groups excluding carboxylic acids is 1. The largest absolute Gasteiger partial charge is 0.481 e. The van der Waals surface area contributed by atoms with Gasteiger partial charge in [-0.3, -0.25) is 9.59 Å². The maximum atomic E-state index is 10.5. The quantitative estimate of drug-likeness (QED) is 0.658. The second kappa shape index (κ2) is 6.83. The molecule has 1 aliphatic rings. The maximum absolute atomic E-state index is 10.5. The van der Waals surface area contributed by atoms with Crippen molar-refractivity contribution in [3.05, 3.63) is 0 Å². The van der Waals surface area contributed by atoms with Gasteiger partial charge in [-0.15, -0.1) is 0 Å². The van der Waals surface area contributed by atoms with E-state index in [1.807, 2.05) is 0 Å². The lowest BCUT2D eigenvalue weighted by atomic mass is 10.00. The van der Waals surface area contributed by atoms with Crippen molar-refractivity contribution in [3.63, 3.8) is 0 Å². The molecule has 0 radical (unpaired) electrons. The molecule has 0 saturated heterocycles. The maximum Gasteiger partial charge on any atom is 0.303 e. The number of rotatable bonds is 1. The van der Waals surface area contributed by atoms with Crippen LogP contribution in [-0.2, 0) is 9.59 Å². The highest BCUT2D eigenvalue weighted by atomic mass is 16.4. The first-order valence-corrected chi connectivity index (χ1v) is 4.40. The van der Waals surface area contributed by atoms with Gasteiger partial charge in [-0.2, -0.15) is 0 Å². The molecule has 0 heterocycles. The lowest BCUT2D eigenvalue weighted by Gasteiger charge is -2.05. The Balaban J connectivity index is 0.000000217. The Hall–Kier alpha value is -0.860. The summed E-state index contributed by atoms with van der Waals surface area (Å²) in [6.07, 6.45) is 5.46. The molecule has 0 unspecified atom stereocenters. The van der Waals surface area contributed by atoms with Gasteiger partial charge in [0.1, 0.15) is 5.78 Å². The minimum Gasteiger partial charge on any atom is -0.481 e. The average Bonchev–Trinajstić information content (AvgIpc) is 2.07. The summed E-state index contributed by atoms with van der Waals surface area (Å²) in [4.78, 5) is 19.8. The first kappa shape index (κ1) is 11.1. The van der Waals surface area contributed by atoms with Gasteiger partial charge in [-0.25, -0.2) is 0 Å². The smallest absolute Gasteiger partial charge is 0.303 e. The Labute approximate surface area is 72.8 Å². The number of ketones is 1. The van der Waals surface area contributed by atoms with E-state index in [9.17, 15) is 9.59 Å². The summed E-state index contributed by atoms with van der Waals surface area (Å²) in [6.45, 7) is 1.60. The summed E-state index contributed by atoms with van der Waals surface area (Å²) in [5.41, 5.74) is 0. The van der Waals surface area contributed by atoms with Crippen molar-refractivity contribution in [2.24, 2.45) is 0 Å². The third kappa shape index (κ3) is 7.25. The van der Waals surface area contributed by atoms with Crippen molar-refractivity contribution in [2.75, 3.05) is 0 Å². The Morgan fingerprint density at radius 3 is 1.92 bits per heavy atom. The van der Waals surface area contributed by atoms with Crippen LogP contribution in [0.15, 0.2) is 0 Å². The van der Waals surface area contributed by atoms with Crippen LogP contribution in [0, 0.1) is 0 Å². The van der Waals surface area contributed by atoms with E-state index in [2.05, 4.69) is 0 Å². The molecule has 0 spiro atoms. The molecule has 1 saturated carbocycles. The van der Waals surface area contributed by atoms with Gasteiger partial charge < -0.3 is 5.11 Å². The molecule has 0 atom stereocenters. The van der Waals surface area contributed by atoms with E-state index < -0.39 is 5.97 Å². The monoisotopic (exact) mass is 172 g/mol. The van der Waals surface area contributed by atoms with Crippen LogP contribution in [0.3, 0.4) is 0 Å². The molecule has 0 aromatic heterocycles. The molecular weight excluding hydrogens is 156 g/mol. The predicted octanol–water partition coefficient (Wildman–Crippen LogP) is 2.00. The Bertz CT molecular complexity index is 144. The van der Waals surface area contributed by atoms with E-state index in [-0.39, 0.29) is 6.42 Å². The predicted molar refractivity (Wildman–Crippen MR) is 46.0 cm³/mol. The van der Waals surface area contributed by atoms with Gasteiger partial charge in [0.05, 0.1) is 0 Å². The van der Waals surface area contributed by atoms with Gasteiger partial charge in [0.15, 0.2) is 0 Å². The summed E-state index contributed by atoms with van der Waals surface area (Å²) in [5, 5.41) is 7.72. The molecule has 3 heteroatoms. The highest BCUT2D eigenvalue weighted by Gasteiger charge is 2.05. The average molecular weight is 172 g/mol. The lowest BCUT2D eigenvalue weighted by molar-refractivity contribution is -0.136. The number of hydrogen-bond acceptors (Lipinski definition) is 2. The highest BCUT2D eigenvalue weighted by Crippen LogP contribution is 2.12. The minimum absolute atomic E-state index is 0.222. The third-order valence-corrected chi connectivity index (χ3v) is 1.71. The van der Waals surface area contributed by atoms with E-state index in [0.29, 0.717) is 5.78 Å². The first-order valence-electron chi connectivity index (χ1n) is 4.40. The highest BCUT2D eigenvalue weighted by molar-refractivity contribution is 5.78. The normalized spacial score (nSPS) is 16.2. The minimum atomic E-state index is -0.745. The van der Waals surface area contributed by atoms with E-state index >= 15 is 0 Å². The van der Waals surface area contributed by atoms with Crippen molar-refractivity contribution in [1.29, 1.82) is 0 Å². The van der Waals surface area contributed by atoms with Crippen LogP contribution in [-0.4, -0.2) is 16.9 Å². The number of carboxylic acids is 1. The molecule has 0 amide bonds. The molecule has 0 aliphatic heterocycles. The van der Waals surface area contributed by atoms with Crippen LogP contribution in [0.2, 0.25) is 0 Å². The van der Waals surface area contributed by atoms with Crippen molar-refractivity contribution in [2.45, 2.75) is 45.4 Å². The van der Waals surface area contributed by atoms with Crippen LogP contribution in [0.25, 0.3) is 0 Å². The summed E-state index contributed by atoms with van der Waals surface area (Å²) >= 11 is 0. The van der Waals surface area contributed by atoms with Crippen LogP contribution in [0.4, 0.5) is 0 Å². The van der Waals surface area contributed by atoms with Crippen molar-refractivity contribution in [3.8, 4) is 0 Å². The second-order valence-corrected chi connectivity index (χ2v) is 2.85. The molecule has 0 aromatic carbocycles. The fourth-order valence-electron chi connectivity index (χ4n) is 0.946. The van der Waals surface area contributed by atoms with Crippen molar-refractivity contribution >= 4 is 11.8 Å². The lowest BCUT2D eigenvalue weighted by Crippen LogP contribution is -2.02. The molecule has 12 heavy (non-hydrogen) atoms. The number of Topliss-reactive ketones (excluding diaryl/α,β-unsaturated/α-hetero) is 1. The van der Waals surface area contributed by atoms with Crippen LogP contribution in [0.1, 0.15) is 45.4 Å². The summed E-state index contributed by atoms with van der Waals surface area (Å²) in [5.74, 6) is -0.281. The van der Waals surface area contributed by atoms with E-state index in [1.165, 1.54) is 6.42 Å². The van der Waals surface area contributed by atoms with Gasteiger partial charge in [-0.1, -0.05) is 13.3 Å². The summed E-state index contributed by atoms with van der Waals surface area (Å²) < 4.78 is 0. The molecule has 1 rings (SSSR count). The summed E-state index contributed by atoms with van der Waals surface area (Å²) in [6, 6.07) is 0. The molecule has 1 fully saturated rings. The van der Waals surface area contributed by atoms with E-state index in [1.54, 1.807) is 6.92 Å². The molecule has 0 bridgehead atoms. The molecule has 0 aromatic rings. The van der Waals surface area contributed by atoms with Crippen LogP contribution in [0.5, 0.6) is 0 Å².